The summed E-state index contributed by atoms with van der Waals surface area (Å²) in [6, 6.07) is 0. The van der Waals surface area contributed by atoms with Crippen LogP contribution in [0.3, 0.4) is 0 Å². The maximum Gasteiger partial charge on any atom is 0.493 e. The van der Waals surface area contributed by atoms with Crippen molar-refractivity contribution in [1.82, 2.24) is 35.2 Å². The standard InChI is InChI=1S/C3HN11O2/c4-9-7-2-6-3(14(15)16)8-13(2)12-1-5-10-11-12/h1H. The van der Waals surface area contributed by atoms with Gasteiger partial charge in [-0.2, -0.15) is 0 Å². The highest BCUT2D eigenvalue weighted by Crippen LogP contribution is 2.13. The zero-order chi connectivity index (χ0) is 11.5. The molecule has 0 amide bonds. The van der Waals surface area contributed by atoms with E-state index in [9.17, 15) is 10.1 Å². The second kappa shape index (κ2) is 3.58. The monoisotopic (exact) mass is 223 g/mol. The largest absolute Gasteiger partial charge is 0.493 e. The van der Waals surface area contributed by atoms with Crippen molar-refractivity contribution in [2.75, 3.05) is 0 Å². The molecule has 0 unspecified atom stereocenters. The second-order valence-corrected chi connectivity index (χ2v) is 2.28. The molecule has 2 rings (SSSR count). The van der Waals surface area contributed by atoms with Crippen molar-refractivity contribution in [1.29, 1.82) is 0 Å². The van der Waals surface area contributed by atoms with Gasteiger partial charge in [0.1, 0.15) is 0 Å². The first-order valence-electron chi connectivity index (χ1n) is 3.62. The number of nitrogens with zero attached hydrogens (tertiary/aromatic N) is 11. The smallest absolute Gasteiger partial charge is 0.390 e. The third kappa shape index (κ3) is 1.48. The predicted molar refractivity (Wildman–Crippen MR) is 44.1 cm³/mol. The molecule has 0 radical (unpaired) electrons. The zero-order valence-corrected chi connectivity index (χ0v) is 7.31. The van der Waals surface area contributed by atoms with Gasteiger partial charge in [0.2, 0.25) is 0 Å². The summed E-state index contributed by atoms with van der Waals surface area (Å²) in [5.41, 5.74) is 8.24. The van der Waals surface area contributed by atoms with Crippen LogP contribution in [0.5, 0.6) is 0 Å². The molecule has 0 atom stereocenters. The first-order chi connectivity index (χ1) is 7.72. The SMILES string of the molecule is [N-]=[N+]=Nc1nc([N+](=O)[O-])nn1-n1cnnn1. The lowest BCUT2D eigenvalue weighted by atomic mass is 11.0. The van der Waals surface area contributed by atoms with Gasteiger partial charge in [0.15, 0.2) is 6.33 Å². The molecule has 80 valence electrons. The third-order valence-corrected chi connectivity index (χ3v) is 1.39. The summed E-state index contributed by atoms with van der Waals surface area (Å²) in [4.78, 5) is 17.1. The maximum atomic E-state index is 10.4. The van der Waals surface area contributed by atoms with E-state index < -0.39 is 10.9 Å². The molecule has 0 saturated carbocycles. The molecule has 0 aliphatic heterocycles. The van der Waals surface area contributed by atoms with Crippen molar-refractivity contribution in [3.8, 4) is 0 Å². The lowest BCUT2D eigenvalue weighted by Crippen LogP contribution is -2.11. The summed E-state index contributed by atoms with van der Waals surface area (Å²) >= 11 is 0. The van der Waals surface area contributed by atoms with Gasteiger partial charge in [0, 0.05) is 10.0 Å². The minimum atomic E-state index is -0.836. The van der Waals surface area contributed by atoms with E-state index in [0.29, 0.717) is 0 Å². The fraction of sp³-hybridized carbons (Fsp3) is 0. The van der Waals surface area contributed by atoms with E-state index in [2.05, 4.69) is 35.6 Å². The number of hydrogen-bond donors (Lipinski definition) is 0. The molecule has 13 nitrogen and oxygen atoms in total. The summed E-state index contributed by atoms with van der Waals surface area (Å²) in [5.74, 6) is -1.07. The summed E-state index contributed by atoms with van der Waals surface area (Å²) in [6.45, 7) is 0. The Hall–Kier alpha value is -3.08. The van der Waals surface area contributed by atoms with Gasteiger partial charge in [-0.15, -0.1) is 9.89 Å². The molecule has 16 heavy (non-hydrogen) atoms. The molecule has 2 aromatic heterocycles. The maximum absolute atomic E-state index is 10.4. The number of rotatable bonds is 3. The Morgan fingerprint density at radius 2 is 2.44 bits per heavy atom. The van der Waals surface area contributed by atoms with Crippen LogP contribution in [0.25, 0.3) is 10.4 Å². The topological polar surface area (TPSA) is 166 Å². The molecular formula is C3HN11O2. The van der Waals surface area contributed by atoms with Gasteiger partial charge in [-0.1, -0.05) is 0 Å². The van der Waals surface area contributed by atoms with Crippen molar-refractivity contribution in [2.24, 2.45) is 5.11 Å². The van der Waals surface area contributed by atoms with E-state index in [0.717, 1.165) is 15.9 Å². The van der Waals surface area contributed by atoms with Crippen LogP contribution < -0.4 is 0 Å². The van der Waals surface area contributed by atoms with Crippen molar-refractivity contribution in [3.05, 3.63) is 26.9 Å². The Labute approximate surface area is 85.1 Å². The van der Waals surface area contributed by atoms with Crippen molar-refractivity contribution in [2.45, 2.75) is 0 Å². The lowest BCUT2D eigenvalue weighted by molar-refractivity contribution is -0.394. The number of tetrazole rings is 1. The Balaban J connectivity index is 2.59. The number of aromatic nitrogens is 7. The van der Waals surface area contributed by atoms with Crippen LogP contribution in [0.2, 0.25) is 0 Å². The Morgan fingerprint density at radius 1 is 1.62 bits per heavy atom. The van der Waals surface area contributed by atoms with Crippen LogP contribution in [0.4, 0.5) is 11.9 Å². The molecule has 0 aliphatic carbocycles. The predicted octanol–water partition coefficient (Wildman–Crippen LogP) is -0.574. The second-order valence-electron chi connectivity index (χ2n) is 2.28. The number of nitro groups is 1. The molecule has 0 fully saturated rings. The van der Waals surface area contributed by atoms with Crippen LogP contribution in [-0.2, 0) is 0 Å². The highest BCUT2D eigenvalue weighted by molar-refractivity contribution is 5.20. The van der Waals surface area contributed by atoms with Gasteiger partial charge in [-0.3, -0.25) is 0 Å². The summed E-state index contributed by atoms with van der Waals surface area (Å²) in [5, 5.41) is 27.0. The Bertz CT molecular complexity index is 560. The van der Waals surface area contributed by atoms with Gasteiger partial charge in [-0.25, -0.2) is 0 Å². The molecule has 2 heterocycles. The molecule has 2 aromatic rings. The first kappa shape index (κ1) is 9.47. The quantitative estimate of drug-likeness (QED) is 0.220. The fourth-order valence-electron chi connectivity index (χ4n) is 0.846. The minimum Gasteiger partial charge on any atom is -0.390 e. The highest BCUT2D eigenvalue weighted by Gasteiger charge is 2.22. The van der Waals surface area contributed by atoms with Gasteiger partial charge < -0.3 is 10.1 Å². The molecule has 0 spiro atoms. The average Bonchev–Trinajstić information content (AvgIpc) is 2.84. The molecule has 0 saturated heterocycles. The average molecular weight is 223 g/mol. The van der Waals surface area contributed by atoms with E-state index >= 15 is 0 Å². The number of azide groups is 1. The van der Waals surface area contributed by atoms with Crippen LogP contribution in [0, 0.1) is 10.1 Å². The Morgan fingerprint density at radius 3 is 3.00 bits per heavy atom. The van der Waals surface area contributed by atoms with Crippen molar-refractivity contribution >= 4 is 11.9 Å². The molecule has 13 heteroatoms. The van der Waals surface area contributed by atoms with Crippen molar-refractivity contribution in [3.63, 3.8) is 0 Å². The fourth-order valence-corrected chi connectivity index (χ4v) is 0.846. The van der Waals surface area contributed by atoms with Gasteiger partial charge in [-0.05, 0) is 30.7 Å². The highest BCUT2D eigenvalue weighted by atomic mass is 16.6. The van der Waals surface area contributed by atoms with E-state index in [1.807, 2.05) is 0 Å². The lowest BCUT2D eigenvalue weighted by Gasteiger charge is -1.91. The van der Waals surface area contributed by atoms with Crippen LogP contribution in [-0.4, -0.2) is 40.1 Å². The molecule has 0 aliphatic rings. The van der Waals surface area contributed by atoms with E-state index in [4.69, 9.17) is 5.53 Å². The minimum absolute atomic E-state index is 0.346. The number of hydrogen-bond acceptors (Lipinski definition) is 8. The normalized spacial score (nSPS) is 9.75. The van der Waals surface area contributed by atoms with Crippen LogP contribution in [0.15, 0.2) is 11.4 Å². The van der Waals surface area contributed by atoms with E-state index in [-0.39, 0.29) is 5.95 Å². The van der Waals surface area contributed by atoms with Gasteiger partial charge >= 0.3 is 11.9 Å². The van der Waals surface area contributed by atoms with E-state index in [1.54, 1.807) is 0 Å². The molecule has 0 aromatic carbocycles. The zero-order valence-electron chi connectivity index (χ0n) is 7.31. The van der Waals surface area contributed by atoms with Crippen LogP contribution >= 0.6 is 0 Å². The summed E-state index contributed by atoms with van der Waals surface area (Å²) < 4.78 is 0. The van der Waals surface area contributed by atoms with Crippen molar-refractivity contribution < 1.29 is 4.92 Å². The van der Waals surface area contributed by atoms with Crippen LogP contribution in [0.1, 0.15) is 0 Å². The molecule has 0 N–H and O–H groups in total. The summed E-state index contributed by atoms with van der Waals surface area (Å²) in [6.07, 6.45) is 1.11. The third-order valence-electron chi connectivity index (χ3n) is 1.39. The first-order valence-corrected chi connectivity index (χ1v) is 3.62. The molecular weight excluding hydrogens is 222 g/mol. The summed E-state index contributed by atoms with van der Waals surface area (Å²) in [7, 11) is 0. The van der Waals surface area contributed by atoms with Gasteiger partial charge in [0.25, 0.3) is 0 Å². The van der Waals surface area contributed by atoms with E-state index in [1.165, 1.54) is 0 Å². The van der Waals surface area contributed by atoms with Gasteiger partial charge in [0.05, 0.1) is 5.10 Å². The Kier molecular flexibility index (Phi) is 2.12. The molecule has 0 bridgehead atoms.